The Morgan fingerprint density at radius 3 is 2.69 bits per heavy atom. The fourth-order valence-electron chi connectivity index (χ4n) is 2.59. The highest BCUT2D eigenvalue weighted by Crippen LogP contribution is 2.32. The Morgan fingerprint density at radius 1 is 1.31 bits per heavy atom. The third kappa shape index (κ3) is 2.69. The average molecular weight is 374 g/mol. The zero-order valence-corrected chi connectivity index (χ0v) is 13.9. The Balaban J connectivity index is 1.75. The maximum absolute atomic E-state index is 14.5. The number of ether oxygens (including phenoxy) is 1. The summed E-state index contributed by atoms with van der Waals surface area (Å²) in [6.07, 6.45) is 1.24. The highest BCUT2D eigenvalue weighted by atomic mass is 32.1. The summed E-state index contributed by atoms with van der Waals surface area (Å²) in [6.45, 7) is -0.0789. The van der Waals surface area contributed by atoms with Gasteiger partial charge in [-0.2, -0.15) is 0 Å². The second-order valence-corrected chi connectivity index (χ2v) is 6.61. The van der Waals surface area contributed by atoms with Crippen LogP contribution in [-0.4, -0.2) is 34.2 Å². The van der Waals surface area contributed by atoms with E-state index >= 15 is 0 Å². The van der Waals surface area contributed by atoms with Crippen molar-refractivity contribution >= 4 is 39.2 Å². The minimum Gasteiger partial charge on any atom is -0.434 e. The van der Waals surface area contributed by atoms with E-state index in [-0.39, 0.29) is 23.2 Å². The number of halogens is 1. The average Bonchev–Trinajstić information content (AvgIpc) is 3.19. The summed E-state index contributed by atoms with van der Waals surface area (Å²) in [5.74, 6) is -1.38. The van der Waals surface area contributed by atoms with Gasteiger partial charge in [0.1, 0.15) is 5.52 Å². The maximum atomic E-state index is 14.5. The van der Waals surface area contributed by atoms with Crippen LogP contribution < -0.4 is 16.1 Å². The second-order valence-electron chi connectivity index (χ2n) is 5.60. The van der Waals surface area contributed by atoms with Crippen LogP contribution in [0.25, 0.3) is 15.3 Å². The van der Waals surface area contributed by atoms with E-state index in [1.54, 1.807) is 10.6 Å². The Labute approximate surface area is 149 Å². The molecule has 4 rings (SSSR count). The van der Waals surface area contributed by atoms with Gasteiger partial charge in [0.05, 0.1) is 16.9 Å². The van der Waals surface area contributed by atoms with Gasteiger partial charge in [0.15, 0.2) is 22.5 Å². The lowest BCUT2D eigenvalue weighted by Crippen LogP contribution is -2.32. The van der Waals surface area contributed by atoms with Gasteiger partial charge >= 0.3 is 6.09 Å². The number of pyridine rings is 1. The van der Waals surface area contributed by atoms with Crippen LogP contribution >= 0.6 is 11.3 Å². The summed E-state index contributed by atoms with van der Waals surface area (Å²) in [5, 5.41) is 0.468. The Hall–Kier alpha value is -3.27. The molecule has 2 amide bonds. The van der Waals surface area contributed by atoms with E-state index in [1.807, 2.05) is 0 Å². The SMILES string of the molecule is NC(=O)[C@H]1CN(c2cc(F)c3nc(-n4ccc(=O)cc4)sc3c2)C(=O)O1. The van der Waals surface area contributed by atoms with Crippen molar-refractivity contribution in [2.45, 2.75) is 6.10 Å². The lowest BCUT2D eigenvalue weighted by atomic mass is 10.2. The molecule has 26 heavy (non-hydrogen) atoms. The normalized spacial score (nSPS) is 16.9. The minimum absolute atomic E-state index is 0.0789. The van der Waals surface area contributed by atoms with Gasteiger partial charge in [0, 0.05) is 30.6 Å². The van der Waals surface area contributed by atoms with Gasteiger partial charge in [-0.15, -0.1) is 0 Å². The molecule has 0 aliphatic carbocycles. The second kappa shape index (κ2) is 5.92. The number of primary amides is 1. The van der Waals surface area contributed by atoms with Gasteiger partial charge in [0.2, 0.25) is 0 Å². The summed E-state index contributed by atoms with van der Waals surface area (Å²) in [5.41, 5.74) is 5.40. The monoisotopic (exact) mass is 374 g/mol. The number of carbonyl (C=O) groups is 2. The molecule has 1 aliphatic heterocycles. The molecule has 0 spiro atoms. The van der Waals surface area contributed by atoms with E-state index < -0.39 is 23.9 Å². The van der Waals surface area contributed by atoms with Crippen LogP contribution in [0.15, 0.2) is 41.5 Å². The fourth-order valence-corrected chi connectivity index (χ4v) is 3.57. The van der Waals surface area contributed by atoms with Crippen molar-refractivity contribution < 1.29 is 18.7 Å². The topological polar surface area (TPSA) is 108 Å². The van der Waals surface area contributed by atoms with E-state index in [9.17, 15) is 18.8 Å². The third-order valence-corrected chi connectivity index (χ3v) is 4.90. The summed E-state index contributed by atoms with van der Waals surface area (Å²) in [6, 6.07) is 5.49. The lowest BCUT2D eigenvalue weighted by molar-refractivity contribution is -0.124. The molecular formula is C16H11FN4O4S. The summed E-state index contributed by atoms with van der Waals surface area (Å²) < 4.78 is 21.5. The van der Waals surface area contributed by atoms with Crippen LogP contribution in [0.5, 0.6) is 0 Å². The number of nitrogens with two attached hydrogens (primary N) is 1. The molecule has 3 heterocycles. The molecule has 3 aromatic rings. The van der Waals surface area contributed by atoms with Gasteiger partial charge in [0.25, 0.3) is 5.91 Å². The molecule has 2 N–H and O–H groups in total. The van der Waals surface area contributed by atoms with Crippen LogP contribution in [0, 0.1) is 5.82 Å². The number of aromatic nitrogens is 2. The summed E-state index contributed by atoms with van der Waals surface area (Å²) in [4.78, 5) is 39.7. The maximum Gasteiger partial charge on any atom is 0.415 e. The van der Waals surface area contributed by atoms with Crippen molar-refractivity contribution in [3.05, 3.63) is 52.7 Å². The predicted molar refractivity (Wildman–Crippen MR) is 92.0 cm³/mol. The molecule has 1 saturated heterocycles. The molecule has 1 fully saturated rings. The quantitative estimate of drug-likeness (QED) is 0.746. The number of rotatable bonds is 3. The van der Waals surface area contributed by atoms with Crippen molar-refractivity contribution in [3.63, 3.8) is 0 Å². The number of thiazole rings is 1. The number of cyclic esters (lactones) is 1. The zero-order chi connectivity index (χ0) is 18.4. The van der Waals surface area contributed by atoms with Crippen LogP contribution in [0.1, 0.15) is 0 Å². The molecule has 0 bridgehead atoms. The first-order chi connectivity index (χ1) is 12.4. The van der Waals surface area contributed by atoms with E-state index in [0.29, 0.717) is 9.83 Å². The molecule has 2 aromatic heterocycles. The van der Waals surface area contributed by atoms with E-state index in [2.05, 4.69) is 4.98 Å². The van der Waals surface area contributed by atoms with Gasteiger partial charge in [-0.05, 0) is 6.07 Å². The summed E-state index contributed by atoms with van der Waals surface area (Å²) >= 11 is 1.19. The summed E-state index contributed by atoms with van der Waals surface area (Å²) in [7, 11) is 0. The number of benzene rings is 1. The van der Waals surface area contributed by atoms with Gasteiger partial charge in [-0.3, -0.25) is 19.1 Å². The molecule has 10 heteroatoms. The Kier molecular flexibility index (Phi) is 3.69. The molecule has 0 saturated carbocycles. The first-order valence-corrected chi connectivity index (χ1v) is 8.30. The molecule has 1 aliphatic rings. The zero-order valence-electron chi connectivity index (χ0n) is 13.1. The van der Waals surface area contributed by atoms with Crippen molar-refractivity contribution in [1.29, 1.82) is 0 Å². The predicted octanol–water partition coefficient (Wildman–Crippen LogP) is 1.40. The highest BCUT2D eigenvalue weighted by Gasteiger charge is 2.36. The number of carbonyl (C=O) groups excluding carboxylic acids is 2. The van der Waals surface area contributed by atoms with Crippen LogP contribution in [0.4, 0.5) is 14.9 Å². The lowest BCUT2D eigenvalue weighted by Gasteiger charge is -2.12. The van der Waals surface area contributed by atoms with E-state index in [1.165, 1.54) is 35.9 Å². The number of nitrogens with zero attached hydrogens (tertiary/aromatic N) is 3. The molecule has 1 atom stereocenters. The van der Waals surface area contributed by atoms with Gasteiger partial charge in [-0.1, -0.05) is 11.3 Å². The number of hydrogen-bond acceptors (Lipinski definition) is 6. The number of fused-ring (bicyclic) bond motifs is 1. The van der Waals surface area contributed by atoms with Crippen molar-refractivity contribution in [2.24, 2.45) is 5.73 Å². The van der Waals surface area contributed by atoms with Crippen molar-refractivity contribution in [3.8, 4) is 5.13 Å². The molecule has 0 unspecified atom stereocenters. The van der Waals surface area contributed by atoms with Crippen molar-refractivity contribution in [1.82, 2.24) is 9.55 Å². The first-order valence-electron chi connectivity index (χ1n) is 7.48. The number of amides is 2. The Morgan fingerprint density at radius 2 is 2.04 bits per heavy atom. The van der Waals surface area contributed by atoms with Crippen LogP contribution in [0.3, 0.4) is 0 Å². The largest absolute Gasteiger partial charge is 0.434 e. The minimum atomic E-state index is -1.07. The third-order valence-electron chi connectivity index (χ3n) is 3.88. The molecule has 0 radical (unpaired) electrons. The highest BCUT2D eigenvalue weighted by molar-refractivity contribution is 7.20. The number of anilines is 1. The fraction of sp³-hybridized carbons (Fsp3) is 0.125. The van der Waals surface area contributed by atoms with Crippen LogP contribution in [-0.2, 0) is 9.53 Å². The van der Waals surface area contributed by atoms with Crippen molar-refractivity contribution in [2.75, 3.05) is 11.4 Å². The molecule has 1 aromatic carbocycles. The van der Waals surface area contributed by atoms with E-state index in [0.717, 1.165) is 11.0 Å². The molecular weight excluding hydrogens is 363 g/mol. The van der Waals surface area contributed by atoms with E-state index in [4.69, 9.17) is 10.5 Å². The smallest absolute Gasteiger partial charge is 0.415 e. The van der Waals surface area contributed by atoms with Gasteiger partial charge in [-0.25, -0.2) is 14.2 Å². The Bertz CT molecular complexity index is 1090. The number of hydrogen-bond donors (Lipinski definition) is 1. The standard InChI is InChI=1S/C16H11FN4O4S/c17-10-5-8(21-7-11(14(18)23)25-16(21)24)6-12-13(10)19-15(26-12)20-3-1-9(22)2-4-20/h1-6,11H,7H2,(H2,18,23)/t11-/m1/s1. The first kappa shape index (κ1) is 16.2. The van der Waals surface area contributed by atoms with Crippen LogP contribution in [0.2, 0.25) is 0 Å². The molecule has 8 nitrogen and oxygen atoms in total. The molecule has 132 valence electrons. The van der Waals surface area contributed by atoms with Gasteiger partial charge < -0.3 is 10.5 Å².